The lowest BCUT2D eigenvalue weighted by Crippen LogP contribution is -2.42. The molecule has 1 heterocycles. The number of halogens is 1. The van der Waals surface area contributed by atoms with Crippen molar-refractivity contribution in [2.24, 2.45) is 0 Å². The molecule has 19 heavy (non-hydrogen) atoms. The molecule has 4 heteroatoms. The maximum absolute atomic E-state index is 12.6. The highest BCUT2D eigenvalue weighted by atomic mass is 35.5. The highest BCUT2D eigenvalue weighted by Crippen LogP contribution is 2.49. The monoisotopic (exact) mass is 275 g/mol. The molecule has 1 aliphatic carbocycles. The summed E-state index contributed by atoms with van der Waals surface area (Å²) in [5.74, 6) is 0.0128. The van der Waals surface area contributed by atoms with Crippen molar-refractivity contribution in [3.05, 3.63) is 40.4 Å². The van der Waals surface area contributed by atoms with Gasteiger partial charge in [-0.15, -0.1) is 0 Å². The lowest BCUT2D eigenvalue weighted by atomic mass is 9.70. The summed E-state index contributed by atoms with van der Waals surface area (Å²) in [6.07, 6.45) is 2.51. The number of benzene rings is 1. The van der Waals surface area contributed by atoms with Crippen LogP contribution in [-0.4, -0.2) is 18.7 Å². The first-order valence-corrected chi connectivity index (χ1v) is 6.60. The third-order valence-corrected chi connectivity index (χ3v) is 4.25. The van der Waals surface area contributed by atoms with Gasteiger partial charge in [-0.1, -0.05) is 23.2 Å². The number of fused-ring (bicyclic) bond motifs is 2. The summed E-state index contributed by atoms with van der Waals surface area (Å²) in [5, 5.41) is 0.602. The fourth-order valence-corrected chi connectivity index (χ4v) is 3.45. The van der Waals surface area contributed by atoms with E-state index in [1.54, 1.807) is 30.2 Å². The second-order valence-electron chi connectivity index (χ2n) is 5.42. The third kappa shape index (κ3) is 1.65. The van der Waals surface area contributed by atoms with E-state index in [1.165, 1.54) is 0 Å². The molecular weight excluding hydrogens is 262 g/mol. The molecule has 0 saturated heterocycles. The number of rotatable bonds is 0. The Bertz CT molecular complexity index is 635. The van der Waals surface area contributed by atoms with Gasteiger partial charge in [-0.05, 0) is 37.1 Å². The zero-order valence-corrected chi connectivity index (χ0v) is 11.6. The molecule has 1 aliphatic heterocycles. The number of likely N-dealkylation sites (N-methyl/N-ethyl adjacent to an activating group) is 1. The number of hydrogen-bond acceptors (Lipinski definition) is 2. The molecule has 3 nitrogen and oxygen atoms in total. The standard InChI is InChI=1S/C15H14ClNO2/c1-9-5-11(18)8-15(7-9)12-4-3-10(16)6-13(12)17(2)14(15)19/h3-6H,7-8H2,1-2H3/t15-/m0/s1. The minimum atomic E-state index is -0.718. The van der Waals surface area contributed by atoms with Crippen molar-refractivity contribution in [2.45, 2.75) is 25.2 Å². The van der Waals surface area contributed by atoms with E-state index in [0.29, 0.717) is 11.4 Å². The molecule has 0 unspecified atom stereocenters. The Morgan fingerprint density at radius 1 is 1.26 bits per heavy atom. The molecular formula is C15H14ClNO2. The highest BCUT2D eigenvalue weighted by molar-refractivity contribution is 6.31. The van der Waals surface area contributed by atoms with Crippen LogP contribution >= 0.6 is 11.6 Å². The van der Waals surface area contributed by atoms with Gasteiger partial charge in [-0.3, -0.25) is 9.59 Å². The Kier molecular flexibility index (Phi) is 2.58. The Morgan fingerprint density at radius 2 is 2.00 bits per heavy atom. The van der Waals surface area contributed by atoms with Gasteiger partial charge < -0.3 is 4.90 Å². The first-order valence-electron chi connectivity index (χ1n) is 6.22. The SMILES string of the molecule is CC1=CC(=O)C[C@]2(C1)C(=O)N(C)c1cc(Cl)ccc12. The fraction of sp³-hybridized carbons (Fsp3) is 0.333. The summed E-state index contributed by atoms with van der Waals surface area (Å²) in [6.45, 7) is 1.90. The molecule has 0 radical (unpaired) electrons. The maximum atomic E-state index is 12.6. The summed E-state index contributed by atoms with van der Waals surface area (Å²) < 4.78 is 0. The summed E-state index contributed by atoms with van der Waals surface area (Å²) in [6, 6.07) is 5.46. The summed E-state index contributed by atoms with van der Waals surface area (Å²) in [7, 11) is 1.74. The van der Waals surface area contributed by atoms with Crippen LogP contribution in [0.25, 0.3) is 0 Å². The number of carbonyl (C=O) groups is 2. The Labute approximate surface area is 116 Å². The average Bonchev–Trinajstić information content (AvgIpc) is 2.51. The number of amides is 1. The maximum Gasteiger partial charge on any atom is 0.238 e. The number of nitrogens with zero attached hydrogens (tertiary/aromatic N) is 1. The van der Waals surface area contributed by atoms with E-state index in [2.05, 4.69) is 0 Å². The zero-order chi connectivity index (χ0) is 13.8. The van der Waals surface area contributed by atoms with E-state index >= 15 is 0 Å². The molecule has 1 spiro atoms. The van der Waals surface area contributed by atoms with Crippen molar-refractivity contribution in [2.75, 3.05) is 11.9 Å². The van der Waals surface area contributed by atoms with Crippen molar-refractivity contribution in [1.82, 2.24) is 0 Å². The summed E-state index contributed by atoms with van der Waals surface area (Å²) >= 11 is 6.00. The first kappa shape index (κ1) is 12.4. The van der Waals surface area contributed by atoms with E-state index in [1.807, 2.05) is 13.0 Å². The minimum absolute atomic E-state index is 0.00873. The van der Waals surface area contributed by atoms with Gasteiger partial charge in [0, 0.05) is 24.2 Å². The van der Waals surface area contributed by atoms with Gasteiger partial charge in [0.25, 0.3) is 0 Å². The van der Waals surface area contributed by atoms with Crippen LogP contribution in [0.3, 0.4) is 0 Å². The zero-order valence-electron chi connectivity index (χ0n) is 10.9. The first-order chi connectivity index (χ1) is 8.94. The largest absolute Gasteiger partial charge is 0.314 e. The van der Waals surface area contributed by atoms with Crippen molar-refractivity contribution < 1.29 is 9.59 Å². The average molecular weight is 276 g/mol. The van der Waals surface area contributed by atoms with Gasteiger partial charge in [0.15, 0.2) is 5.78 Å². The molecule has 1 amide bonds. The normalized spacial score (nSPS) is 25.8. The molecule has 1 aromatic rings. The van der Waals surface area contributed by atoms with E-state index in [-0.39, 0.29) is 18.1 Å². The van der Waals surface area contributed by atoms with E-state index in [0.717, 1.165) is 16.8 Å². The molecule has 3 rings (SSSR count). The lowest BCUT2D eigenvalue weighted by Gasteiger charge is -2.30. The van der Waals surface area contributed by atoms with E-state index < -0.39 is 5.41 Å². The molecule has 0 bridgehead atoms. The molecule has 98 valence electrons. The summed E-state index contributed by atoms with van der Waals surface area (Å²) in [5.41, 5.74) is 1.98. The van der Waals surface area contributed by atoms with Crippen LogP contribution in [0, 0.1) is 0 Å². The molecule has 0 N–H and O–H groups in total. The lowest BCUT2D eigenvalue weighted by molar-refractivity contribution is -0.127. The van der Waals surface area contributed by atoms with Crippen molar-refractivity contribution in [3.8, 4) is 0 Å². The highest BCUT2D eigenvalue weighted by Gasteiger charge is 2.51. The molecule has 1 aromatic carbocycles. The van der Waals surface area contributed by atoms with Gasteiger partial charge in [-0.25, -0.2) is 0 Å². The molecule has 0 aromatic heterocycles. The molecule has 0 fully saturated rings. The van der Waals surface area contributed by atoms with Gasteiger partial charge >= 0.3 is 0 Å². The van der Waals surface area contributed by atoms with Crippen LogP contribution in [0.1, 0.15) is 25.3 Å². The number of ketones is 1. The Morgan fingerprint density at radius 3 is 2.68 bits per heavy atom. The molecule has 0 saturated carbocycles. The second kappa shape index (κ2) is 3.94. The number of allylic oxidation sites excluding steroid dienone is 2. The summed E-state index contributed by atoms with van der Waals surface area (Å²) in [4.78, 5) is 26.2. The van der Waals surface area contributed by atoms with Gasteiger partial charge in [-0.2, -0.15) is 0 Å². The van der Waals surface area contributed by atoms with Crippen LogP contribution in [-0.2, 0) is 15.0 Å². The quantitative estimate of drug-likeness (QED) is 0.730. The van der Waals surface area contributed by atoms with Crippen molar-refractivity contribution in [1.29, 1.82) is 0 Å². The number of anilines is 1. The van der Waals surface area contributed by atoms with Crippen LogP contribution in [0.2, 0.25) is 5.02 Å². The van der Waals surface area contributed by atoms with Gasteiger partial charge in [0.2, 0.25) is 5.91 Å². The van der Waals surface area contributed by atoms with Crippen LogP contribution in [0.4, 0.5) is 5.69 Å². The third-order valence-electron chi connectivity index (χ3n) is 4.01. The van der Waals surface area contributed by atoms with Crippen molar-refractivity contribution >= 4 is 29.0 Å². The number of hydrogen-bond donors (Lipinski definition) is 0. The van der Waals surface area contributed by atoms with Crippen LogP contribution < -0.4 is 4.90 Å². The predicted molar refractivity (Wildman–Crippen MR) is 74.5 cm³/mol. The molecule has 1 atom stereocenters. The van der Waals surface area contributed by atoms with Crippen LogP contribution in [0.15, 0.2) is 29.8 Å². The number of carbonyl (C=O) groups excluding carboxylic acids is 2. The van der Waals surface area contributed by atoms with Crippen LogP contribution in [0.5, 0.6) is 0 Å². The topological polar surface area (TPSA) is 37.4 Å². The predicted octanol–water partition coefficient (Wildman–Crippen LogP) is 2.86. The molecule has 2 aliphatic rings. The van der Waals surface area contributed by atoms with Crippen molar-refractivity contribution in [3.63, 3.8) is 0 Å². The van der Waals surface area contributed by atoms with E-state index in [9.17, 15) is 9.59 Å². The Hall–Kier alpha value is -1.61. The van der Waals surface area contributed by atoms with E-state index in [4.69, 9.17) is 11.6 Å². The van der Waals surface area contributed by atoms with Gasteiger partial charge in [0.1, 0.15) is 0 Å². The minimum Gasteiger partial charge on any atom is -0.314 e. The smallest absolute Gasteiger partial charge is 0.238 e. The Balaban J connectivity index is 2.22. The fourth-order valence-electron chi connectivity index (χ4n) is 3.29. The second-order valence-corrected chi connectivity index (χ2v) is 5.85. The van der Waals surface area contributed by atoms with Gasteiger partial charge in [0.05, 0.1) is 5.41 Å².